The molecule has 1 aliphatic carbocycles. The Labute approximate surface area is 121 Å². The second-order valence-electron chi connectivity index (χ2n) is 6.01. The van der Waals surface area contributed by atoms with E-state index in [4.69, 9.17) is 0 Å². The van der Waals surface area contributed by atoms with Gasteiger partial charge >= 0.3 is 0 Å². The Bertz CT molecular complexity index is 697. The second-order valence-corrected chi connectivity index (χ2v) is 6.01. The lowest BCUT2D eigenvalue weighted by Crippen LogP contribution is -2.64. The van der Waals surface area contributed by atoms with E-state index in [9.17, 15) is 14.4 Å². The lowest BCUT2D eigenvalue weighted by molar-refractivity contribution is -0.140. The van der Waals surface area contributed by atoms with Gasteiger partial charge in [0.15, 0.2) is 0 Å². The van der Waals surface area contributed by atoms with Crippen molar-refractivity contribution in [1.29, 1.82) is 0 Å². The summed E-state index contributed by atoms with van der Waals surface area (Å²) in [7, 11) is 0. The van der Waals surface area contributed by atoms with Gasteiger partial charge < -0.3 is 5.32 Å². The van der Waals surface area contributed by atoms with Crippen LogP contribution in [0, 0.1) is 17.8 Å². The van der Waals surface area contributed by atoms with Crippen LogP contribution in [-0.2, 0) is 14.4 Å². The molecule has 5 nitrogen and oxygen atoms in total. The van der Waals surface area contributed by atoms with Crippen LogP contribution in [0.25, 0.3) is 0 Å². The third-order valence-corrected chi connectivity index (χ3v) is 4.74. The van der Waals surface area contributed by atoms with E-state index in [1.807, 2.05) is 12.1 Å². The van der Waals surface area contributed by atoms with Crippen LogP contribution in [0.1, 0.15) is 6.92 Å². The molecule has 3 heterocycles. The summed E-state index contributed by atoms with van der Waals surface area (Å²) < 4.78 is 0. The average molecular weight is 282 g/mol. The maximum absolute atomic E-state index is 12.8. The molecule has 0 aromatic heterocycles. The Morgan fingerprint density at radius 1 is 1.10 bits per heavy atom. The molecule has 2 saturated heterocycles. The van der Waals surface area contributed by atoms with Gasteiger partial charge in [0, 0.05) is 0 Å². The lowest BCUT2D eigenvalue weighted by Gasteiger charge is -2.45. The summed E-state index contributed by atoms with van der Waals surface area (Å²) in [5.74, 6) is -2.31. The summed E-state index contributed by atoms with van der Waals surface area (Å²) in [5.41, 5.74) is -0.204. The SMILES string of the molecule is C[C@@]12C=C[C@@H](C(=O)N1)[C@@H]1C(=O)N(c3ccccc3)C(=O)[C@@H]12. The molecule has 2 bridgehead atoms. The van der Waals surface area contributed by atoms with Gasteiger partial charge in [-0.15, -0.1) is 0 Å². The number of carbonyl (C=O) groups is 3. The van der Waals surface area contributed by atoms with E-state index in [1.165, 1.54) is 4.90 Å². The summed E-state index contributed by atoms with van der Waals surface area (Å²) in [6.45, 7) is 1.80. The van der Waals surface area contributed by atoms with Gasteiger partial charge in [0.1, 0.15) is 0 Å². The summed E-state index contributed by atoms with van der Waals surface area (Å²) in [5, 5.41) is 2.86. The Balaban J connectivity index is 1.83. The Morgan fingerprint density at radius 2 is 1.81 bits per heavy atom. The minimum absolute atomic E-state index is 0.169. The topological polar surface area (TPSA) is 66.5 Å². The van der Waals surface area contributed by atoms with Gasteiger partial charge in [0.05, 0.1) is 29.0 Å². The minimum Gasteiger partial charge on any atom is -0.346 e. The lowest BCUT2D eigenvalue weighted by atomic mass is 9.64. The number of rotatable bonds is 1. The molecule has 0 spiro atoms. The Morgan fingerprint density at radius 3 is 2.48 bits per heavy atom. The van der Waals surface area contributed by atoms with Crippen molar-refractivity contribution in [3.8, 4) is 0 Å². The number of para-hydroxylation sites is 1. The molecule has 4 atom stereocenters. The van der Waals surface area contributed by atoms with Crippen molar-refractivity contribution >= 4 is 23.4 Å². The number of carbonyl (C=O) groups excluding carboxylic acids is 3. The molecule has 3 aliphatic heterocycles. The van der Waals surface area contributed by atoms with Crippen LogP contribution in [0.15, 0.2) is 42.5 Å². The zero-order valence-corrected chi connectivity index (χ0v) is 11.4. The predicted molar refractivity (Wildman–Crippen MR) is 75.1 cm³/mol. The van der Waals surface area contributed by atoms with Crippen LogP contribution in [0.5, 0.6) is 0 Å². The normalized spacial score (nSPS) is 36.9. The molecule has 1 N–H and O–H groups in total. The average Bonchev–Trinajstić information content (AvgIpc) is 2.73. The third-order valence-electron chi connectivity index (χ3n) is 4.74. The van der Waals surface area contributed by atoms with E-state index in [0.29, 0.717) is 5.69 Å². The largest absolute Gasteiger partial charge is 0.346 e. The van der Waals surface area contributed by atoms with E-state index in [1.54, 1.807) is 37.3 Å². The Kier molecular flexibility index (Phi) is 2.24. The number of imide groups is 1. The molecule has 5 rings (SSSR count). The number of piperidine rings is 1. The molecule has 2 fully saturated rings. The van der Waals surface area contributed by atoms with Crippen LogP contribution >= 0.6 is 0 Å². The fourth-order valence-electron chi connectivity index (χ4n) is 3.76. The maximum Gasteiger partial charge on any atom is 0.240 e. The molecule has 0 unspecified atom stereocenters. The van der Waals surface area contributed by atoms with Gasteiger partial charge in [-0.25, -0.2) is 4.90 Å². The number of hydrogen-bond acceptors (Lipinski definition) is 3. The van der Waals surface area contributed by atoms with Crippen LogP contribution in [-0.4, -0.2) is 23.3 Å². The molecule has 21 heavy (non-hydrogen) atoms. The molecular weight excluding hydrogens is 268 g/mol. The number of benzene rings is 1. The number of anilines is 1. The van der Waals surface area contributed by atoms with Crippen LogP contribution in [0.4, 0.5) is 5.69 Å². The zero-order valence-electron chi connectivity index (χ0n) is 11.4. The fourth-order valence-corrected chi connectivity index (χ4v) is 3.76. The van der Waals surface area contributed by atoms with E-state index in [2.05, 4.69) is 5.32 Å². The third kappa shape index (κ3) is 1.43. The number of fused-ring (bicyclic) bond motifs is 1. The van der Waals surface area contributed by atoms with Gasteiger partial charge in [0.25, 0.3) is 0 Å². The van der Waals surface area contributed by atoms with Crippen molar-refractivity contribution in [2.45, 2.75) is 12.5 Å². The molecular formula is C16H14N2O3. The highest BCUT2D eigenvalue weighted by atomic mass is 16.2. The summed E-state index contributed by atoms with van der Waals surface area (Å²) in [6.07, 6.45) is 3.61. The van der Waals surface area contributed by atoms with Crippen molar-refractivity contribution in [3.63, 3.8) is 0 Å². The van der Waals surface area contributed by atoms with Gasteiger partial charge in [-0.2, -0.15) is 0 Å². The number of amides is 3. The molecule has 3 amide bonds. The van der Waals surface area contributed by atoms with Crippen molar-refractivity contribution in [2.24, 2.45) is 17.8 Å². The van der Waals surface area contributed by atoms with Crippen molar-refractivity contribution in [2.75, 3.05) is 4.90 Å². The molecule has 1 aromatic carbocycles. The first-order valence-corrected chi connectivity index (χ1v) is 6.97. The highest BCUT2D eigenvalue weighted by Gasteiger charge is 2.64. The standard InChI is InChI=1S/C16H14N2O3/c1-16-8-7-10(13(19)17-16)11-12(16)15(21)18(14(11)20)9-5-3-2-4-6-9/h2-8,10-12H,1H3,(H,17,19)/t10-,11+,12-,16+/m1/s1. The van der Waals surface area contributed by atoms with Crippen LogP contribution < -0.4 is 10.2 Å². The van der Waals surface area contributed by atoms with Crippen LogP contribution in [0.2, 0.25) is 0 Å². The first-order chi connectivity index (χ1) is 10.0. The van der Waals surface area contributed by atoms with Gasteiger partial charge in [-0.3, -0.25) is 14.4 Å². The van der Waals surface area contributed by atoms with Crippen LogP contribution in [0.3, 0.4) is 0 Å². The minimum atomic E-state index is -0.771. The molecule has 5 heteroatoms. The number of nitrogens with zero attached hydrogens (tertiary/aromatic N) is 1. The first kappa shape index (κ1) is 12.3. The van der Waals surface area contributed by atoms with E-state index in [-0.39, 0.29) is 17.7 Å². The zero-order chi connectivity index (χ0) is 14.8. The molecule has 106 valence electrons. The van der Waals surface area contributed by atoms with Gasteiger partial charge in [0.2, 0.25) is 17.7 Å². The highest BCUT2D eigenvalue weighted by Crippen LogP contribution is 2.48. The highest BCUT2D eigenvalue weighted by molar-refractivity contribution is 6.24. The maximum atomic E-state index is 12.8. The molecule has 0 saturated carbocycles. The summed E-state index contributed by atoms with van der Waals surface area (Å²) in [4.78, 5) is 38.8. The van der Waals surface area contributed by atoms with E-state index in [0.717, 1.165) is 0 Å². The first-order valence-electron chi connectivity index (χ1n) is 6.97. The van der Waals surface area contributed by atoms with Crippen molar-refractivity contribution in [1.82, 2.24) is 5.32 Å². The molecule has 1 aromatic rings. The quantitative estimate of drug-likeness (QED) is 0.614. The van der Waals surface area contributed by atoms with Gasteiger partial charge in [-0.1, -0.05) is 30.4 Å². The van der Waals surface area contributed by atoms with Crippen molar-refractivity contribution in [3.05, 3.63) is 42.5 Å². The molecule has 0 radical (unpaired) electrons. The van der Waals surface area contributed by atoms with Crippen molar-refractivity contribution < 1.29 is 14.4 Å². The smallest absolute Gasteiger partial charge is 0.240 e. The van der Waals surface area contributed by atoms with E-state index >= 15 is 0 Å². The van der Waals surface area contributed by atoms with E-state index < -0.39 is 23.3 Å². The Hall–Kier alpha value is -2.43. The number of hydrogen-bond donors (Lipinski definition) is 1. The van der Waals surface area contributed by atoms with Gasteiger partial charge in [-0.05, 0) is 19.1 Å². The predicted octanol–water partition coefficient (Wildman–Crippen LogP) is 0.867. The summed E-state index contributed by atoms with van der Waals surface area (Å²) >= 11 is 0. The summed E-state index contributed by atoms with van der Waals surface area (Å²) in [6, 6.07) is 8.88. The molecule has 4 aliphatic rings. The number of nitrogens with one attached hydrogen (secondary N) is 1. The second kappa shape index (κ2) is 3.81. The fraction of sp³-hybridized carbons (Fsp3) is 0.312. The monoisotopic (exact) mass is 282 g/mol.